The van der Waals surface area contributed by atoms with Crippen LogP contribution in [-0.2, 0) is 0 Å². The molecule has 3 aromatic rings. The van der Waals surface area contributed by atoms with Crippen molar-refractivity contribution in [2.45, 2.75) is 13.8 Å². The van der Waals surface area contributed by atoms with Gasteiger partial charge in [-0.1, -0.05) is 0 Å². The summed E-state index contributed by atoms with van der Waals surface area (Å²) in [5, 5.41) is 4.03. The van der Waals surface area contributed by atoms with E-state index in [1.807, 2.05) is 24.5 Å². The van der Waals surface area contributed by atoms with Crippen LogP contribution in [0, 0.1) is 19.7 Å². The number of aryl methyl sites for hydroxylation is 1. The Balaban J connectivity index is 1.51. The van der Waals surface area contributed by atoms with Crippen molar-refractivity contribution < 1.29 is 18.7 Å². The minimum absolute atomic E-state index is 0.205. The van der Waals surface area contributed by atoms with Crippen molar-refractivity contribution in [3.05, 3.63) is 76.9 Å². The van der Waals surface area contributed by atoms with Crippen LogP contribution in [0.15, 0.2) is 53.6 Å². The standard InChI is InChI=1S/C21H18FN3O3/c1-13-9-18(14(2)25(13)17-6-4-16(22)5-7-17)21(26)24-23-11-15-3-8-19-20(10-15)28-12-27-19/h3-11H,12H2,1-2H3,(H,24,26). The molecule has 1 amide bonds. The van der Waals surface area contributed by atoms with E-state index in [0.717, 1.165) is 22.6 Å². The van der Waals surface area contributed by atoms with Crippen LogP contribution >= 0.6 is 0 Å². The summed E-state index contributed by atoms with van der Waals surface area (Å²) in [5.74, 6) is 0.716. The van der Waals surface area contributed by atoms with Crippen molar-refractivity contribution in [3.63, 3.8) is 0 Å². The molecule has 2 aromatic carbocycles. The number of ether oxygens (including phenoxy) is 2. The molecule has 0 saturated carbocycles. The molecule has 1 aliphatic heterocycles. The SMILES string of the molecule is Cc1cc(C(=O)NN=Cc2ccc3c(c2)OCO3)c(C)n1-c1ccc(F)cc1. The zero-order valence-electron chi connectivity index (χ0n) is 15.4. The predicted molar refractivity (Wildman–Crippen MR) is 103 cm³/mol. The number of nitrogens with zero attached hydrogens (tertiary/aromatic N) is 2. The lowest BCUT2D eigenvalue weighted by atomic mass is 10.2. The first-order chi connectivity index (χ1) is 13.5. The Bertz CT molecular complexity index is 1070. The number of carbonyl (C=O) groups is 1. The molecule has 0 unspecified atom stereocenters. The van der Waals surface area contributed by atoms with Crippen LogP contribution in [0.2, 0.25) is 0 Å². The molecule has 7 heteroatoms. The summed E-state index contributed by atoms with van der Waals surface area (Å²) in [6, 6.07) is 13.3. The second-order valence-electron chi connectivity index (χ2n) is 6.41. The molecule has 0 bridgehead atoms. The lowest BCUT2D eigenvalue weighted by Crippen LogP contribution is -2.18. The predicted octanol–water partition coefficient (Wildman–Crippen LogP) is 3.73. The first kappa shape index (κ1) is 17.8. The van der Waals surface area contributed by atoms with Gasteiger partial charge in [0.15, 0.2) is 11.5 Å². The van der Waals surface area contributed by atoms with Gasteiger partial charge in [0.25, 0.3) is 5.91 Å². The summed E-state index contributed by atoms with van der Waals surface area (Å²) < 4.78 is 25.7. The first-order valence-corrected chi connectivity index (χ1v) is 8.71. The average molecular weight is 379 g/mol. The third-order valence-corrected chi connectivity index (χ3v) is 4.54. The molecular formula is C21H18FN3O3. The van der Waals surface area contributed by atoms with Gasteiger partial charge in [0.1, 0.15) is 5.82 Å². The van der Waals surface area contributed by atoms with Crippen molar-refractivity contribution in [2.75, 3.05) is 6.79 Å². The van der Waals surface area contributed by atoms with Crippen molar-refractivity contribution in [1.29, 1.82) is 0 Å². The average Bonchev–Trinajstić information content (AvgIpc) is 3.26. The minimum atomic E-state index is -0.321. The van der Waals surface area contributed by atoms with Crippen LogP contribution in [0.4, 0.5) is 4.39 Å². The Morgan fingerprint density at radius 2 is 1.86 bits per heavy atom. The number of carbonyl (C=O) groups excluding carboxylic acids is 1. The molecule has 0 aliphatic carbocycles. The van der Waals surface area contributed by atoms with E-state index in [2.05, 4.69) is 10.5 Å². The number of benzene rings is 2. The molecule has 0 radical (unpaired) electrons. The highest BCUT2D eigenvalue weighted by Gasteiger charge is 2.16. The third-order valence-electron chi connectivity index (χ3n) is 4.54. The minimum Gasteiger partial charge on any atom is -0.454 e. The Hall–Kier alpha value is -3.61. The zero-order chi connectivity index (χ0) is 19.7. The lowest BCUT2D eigenvalue weighted by molar-refractivity contribution is 0.0954. The molecule has 1 aliphatic rings. The van der Waals surface area contributed by atoms with Gasteiger partial charge in [-0.3, -0.25) is 4.79 Å². The van der Waals surface area contributed by atoms with Crippen molar-refractivity contribution >= 4 is 12.1 Å². The number of nitrogens with one attached hydrogen (secondary N) is 1. The van der Waals surface area contributed by atoms with E-state index in [9.17, 15) is 9.18 Å². The number of hydrogen-bond donors (Lipinski definition) is 1. The highest BCUT2D eigenvalue weighted by Crippen LogP contribution is 2.32. The molecule has 0 spiro atoms. The molecule has 1 aromatic heterocycles. The number of fused-ring (bicyclic) bond motifs is 1. The summed E-state index contributed by atoms with van der Waals surface area (Å²) in [4.78, 5) is 12.6. The molecule has 0 fully saturated rings. The highest BCUT2D eigenvalue weighted by atomic mass is 19.1. The maximum atomic E-state index is 13.2. The molecular weight excluding hydrogens is 361 g/mol. The van der Waals surface area contributed by atoms with E-state index in [1.54, 1.807) is 36.5 Å². The van der Waals surface area contributed by atoms with Crippen LogP contribution in [0.25, 0.3) is 5.69 Å². The van der Waals surface area contributed by atoms with E-state index in [-0.39, 0.29) is 18.5 Å². The van der Waals surface area contributed by atoms with Crippen LogP contribution in [0.1, 0.15) is 27.3 Å². The summed E-state index contributed by atoms with van der Waals surface area (Å²) in [6.45, 7) is 3.94. The van der Waals surface area contributed by atoms with E-state index in [4.69, 9.17) is 9.47 Å². The second-order valence-corrected chi connectivity index (χ2v) is 6.41. The number of rotatable bonds is 4. The smallest absolute Gasteiger partial charge is 0.273 e. The fraction of sp³-hybridized carbons (Fsp3) is 0.143. The molecule has 0 atom stereocenters. The van der Waals surface area contributed by atoms with Crippen LogP contribution < -0.4 is 14.9 Å². The second kappa shape index (κ2) is 7.19. The zero-order valence-corrected chi connectivity index (χ0v) is 15.4. The molecule has 28 heavy (non-hydrogen) atoms. The molecule has 0 saturated heterocycles. The maximum absolute atomic E-state index is 13.2. The van der Waals surface area contributed by atoms with Crippen LogP contribution in [0.3, 0.4) is 0 Å². The van der Waals surface area contributed by atoms with Gasteiger partial charge in [0.05, 0.1) is 11.8 Å². The van der Waals surface area contributed by atoms with Gasteiger partial charge in [-0.05, 0) is 67.9 Å². The maximum Gasteiger partial charge on any atom is 0.273 e. The Morgan fingerprint density at radius 3 is 2.64 bits per heavy atom. The number of aromatic nitrogens is 1. The van der Waals surface area contributed by atoms with Gasteiger partial charge in [0, 0.05) is 17.1 Å². The van der Waals surface area contributed by atoms with E-state index >= 15 is 0 Å². The topological polar surface area (TPSA) is 64.8 Å². The number of hydrazone groups is 1. The summed E-state index contributed by atoms with van der Waals surface area (Å²) in [6.07, 6.45) is 1.54. The third kappa shape index (κ3) is 3.34. The fourth-order valence-electron chi connectivity index (χ4n) is 3.20. The van der Waals surface area contributed by atoms with Crippen molar-refractivity contribution in [2.24, 2.45) is 5.10 Å². The van der Waals surface area contributed by atoms with Gasteiger partial charge in [-0.15, -0.1) is 0 Å². The number of hydrogen-bond acceptors (Lipinski definition) is 4. The Kier molecular flexibility index (Phi) is 4.57. The number of halogens is 1. The summed E-state index contributed by atoms with van der Waals surface area (Å²) >= 11 is 0. The van der Waals surface area contributed by atoms with E-state index in [1.165, 1.54) is 12.1 Å². The largest absolute Gasteiger partial charge is 0.454 e. The Morgan fingerprint density at radius 1 is 1.11 bits per heavy atom. The fourth-order valence-corrected chi connectivity index (χ4v) is 3.20. The summed E-state index contributed by atoms with van der Waals surface area (Å²) in [5.41, 5.74) is 6.24. The van der Waals surface area contributed by atoms with Gasteiger partial charge in [-0.25, -0.2) is 9.82 Å². The summed E-state index contributed by atoms with van der Waals surface area (Å²) in [7, 11) is 0. The van der Waals surface area contributed by atoms with E-state index < -0.39 is 0 Å². The van der Waals surface area contributed by atoms with Gasteiger partial charge < -0.3 is 14.0 Å². The lowest BCUT2D eigenvalue weighted by Gasteiger charge is -2.09. The van der Waals surface area contributed by atoms with E-state index in [0.29, 0.717) is 17.1 Å². The van der Waals surface area contributed by atoms with Crippen molar-refractivity contribution in [1.82, 2.24) is 9.99 Å². The molecule has 142 valence electrons. The molecule has 4 rings (SSSR count). The highest BCUT2D eigenvalue weighted by molar-refractivity contribution is 5.96. The van der Waals surface area contributed by atoms with Crippen LogP contribution in [0.5, 0.6) is 11.5 Å². The molecule has 2 heterocycles. The monoisotopic (exact) mass is 379 g/mol. The van der Waals surface area contributed by atoms with Gasteiger partial charge >= 0.3 is 0 Å². The van der Waals surface area contributed by atoms with Gasteiger partial charge in [0.2, 0.25) is 6.79 Å². The number of amides is 1. The normalized spacial score (nSPS) is 12.5. The Labute approximate surface area is 161 Å². The van der Waals surface area contributed by atoms with Crippen LogP contribution in [-0.4, -0.2) is 23.5 Å². The molecule has 1 N–H and O–H groups in total. The van der Waals surface area contributed by atoms with Crippen molar-refractivity contribution in [3.8, 4) is 17.2 Å². The quantitative estimate of drug-likeness (QED) is 0.555. The van der Waals surface area contributed by atoms with Gasteiger partial charge in [-0.2, -0.15) is 5.10 Å². The molecule has 6 nitrogen and oxygen atoms in total. The first-order valence-electron chi connectivity index (χ1n) is 8.71.